The summed E-state index contributed by atoms with van der Waals surface area (Å²) >= 11 is 0. The number of anilines is 1. The summed E-state index contributed by atoms with van der Waals surface area (Å²) in [6, 6.07) is 9.17. The van der Waals surface area contributed by atoms with Gasteiger partial charge >= 0.3 is 0 Å². The zero-order chi connectivity index (χ0) is 18.9. The van der Waals surface area contributed by atoms with Crippen LogP contribution in [0.25, 0.3) is 5.65 Å². The van der Waals surface area contributed by atoms with Gasteiger partial charge in [0, 0.05) is 11.9 Å². The van der Waals surface area contributed by atoms with Crippen molar-refractivity contribution in [3.63, 3.8) is 0 Å². The summed E-state index contributed by atoms with van der Waals surface area (Å²) in [6.45, 7) is 1.91. The van der Waals surface area contributed by atoms with Gasteiger partial charge in [0.05, 0.1) is 17.7 Å². The smallest absolute Gasteiger partial charge is 0.274 e. The highest BCUT2D eigenvalue weighted by Gasteiger charge is 2.20. The zero-order valence-electron chi connectivity index (χ0n) is 14.3. The molecule has 3 N–H and O–H groups in total. The SMILES string of the molecule is CCc1nc2c(OC)cccn2c1C(=O)Nc1ccc(S(N)(=O)=O)cc1. The van der Waals surface area contributed by atoms with E-state index in [9.17, 15) is 13.2 Å². The zero-order valence-corrected chi connectivity index (χ0v) is 15.1. The van der Waals surface area contributed by atoms with Gasteiger partial charge in [-0.1, -0.05) is 6.92 Å². The number of aryl methyl sites for hydroxylation is 1. The molecule has 0 aliphatic heterocycles. The average Bonchev–Trinajstić information content (AvgIpc) is 3.00. The number of hydrogen-bond acceptors (Lipinski definition) is 5. The molecular weight excluding hydrogens is 356 g/mol. The molecular formula is C17H18N4O4S. The lowest BCUT2D eigenvalue weighted by Crippen LogP contribution is -2.17. The number of hydrogen-bond donors (Lipinski definition) is 2. The van der Waals surface area contributed by atoms with Crippen molar-refractivity contribution in [2.24, 2.45) is 5.14 Å². The van der Waals surface area contributed by atoms with Crippen molar-refractivity contribution in [3.8, 4) is 5.75 Å². The Morgan fingerprint density at radius 3 is 2.54 bits per heavy atom. The third-order valence-corrected chi connectivity index (χ3v) is 4.83. The lowest BCUT2D eigenvalue weighted by molar-refractivity contribution is 0.102. The van der Waals surface area contributed by atoms with E-state index in [4.69, 9.17) is 9.88 Å². The Morgan fingerprint density at radius 2 is 1.96 bits per heavy atom. The molecule has 136 valence electrons. The second-order valence-electron chi connectivity index (χ2n) is 5.55. The second-order valence-corrected chi connectivity index (χ2v) is 7.12. The highest BCUT2D eigenvalue weighted by atomic mass is 32.2. The number of ether oxygens (including phenoxy) is 1. The van der Waals surface area contributed by atoms with E-state index < -0.39 is 10.0 Å². The highest BCUT2D eigenvalue weighted by Crippen LogP contribution is 2.23. The van der Waals surface area contributed by atoms with Gasteiger partial charge in [0.1, 0.15) is 5.69 Å². The Hall–Kier alpha value is -2.91. The van der Waals surface area contributed by atoms with Crippen LogP contribution in [0, 0.1) is 0 Å². The molecule has 0 unspecified atom stereocenters. The molecule has 0 aliphatic rings. The second kappa shape index (κ2) is 6.77. The molecule has 3 aromatic rings. The number of nitrogens with one attached hydrogen (secondary N) is 1. The van der Waals surface area contributed by atoms with Crippen molar-refractivity contribution in [2.75, 3.05) is 12.4 Å². The maximum Gasteiger partial charge on any atom is 0.274 e. The van der Waals surface area contributed by atoms with Gasteiger partial charge in [-0.3, -0.25) is 9.20 Å². The summed E-state index contributed by atoms with van der Waals surface area (Å²) in [7, 11) is -2.24. The number of nitrogens with zero attached hydrogens (tertiary/aromatic N) is 2. The number of carbonyl (C=O) groups excluding carboxylic acids is 1. The van der Waals surface area contributed by atoms with Crippen molar-refractivity contribution >= 4 is 27.3 Å². The van der Waals surface area contributed by atoms with Crippen molar-refractivity contribution in [3.05, 3.63) is 54.0 Å². The summed E-state index contributed by atoms with van der Waals surface area (Å²) in [5, 5.41) is 7.83. The molecule has 9 heteroatoms. The highest BCUT2D eigenvalue weighted by molar-refractivity contribution is 7.89. The van der Waals surface area contributed by atoms with Crippen LogP contribution in [0.1, 0.15) is 23.1 Å². The van der Waals surface area contributed by atoms with Crippen molar-refractivity contribution in [2.45, 2.75) is 18.2 Å². The first kappa shape index (κ1) is 17.9. The maximum absolute atomic E-state index is 12.8. The van der Waals surface area contributed by atoms with Gasteiger partial charge in [-0.05, 0) is 42.8 Å². The van der Waals surface area contributed by atoms with E-state index in [-0.39, 0.29) is 10.8 Å². The number of imidazole rings is 1. The van der Waals surface area contributed by atoms with Gasteiger partial charge in [-0.15, -0.1) is 0 Å². The minimum absolute atomic E-state index is 0.0238. The summed E-state index contributed by atoms with van der Waals surface area (Å²) in [4.78, 5) is 17.3. The first-order chi connectivity index (χ1) is 12.3. The Morgan fingerprint density at radius 1 is 1.27 bits per heavy atom. The number of benzene rings is 1. The third-order valence-electron chi connectivity index (χ3n) is 3.90. The lowest BCUT2D eigenvalue weighted by Gasteiger charge is -2.08. The van der Waals surface area contributed by atoms with Gasteiger partial charge in [0.2, 0.25) is 10.0 Å². The molecule has 8 nitrogen and oxygen atoms in total. The van der Waals surface area contributed by atoms with Gasteiger partial charge in [0.15, 0.2) is 11.4 Å². The number of rotatable bonds is 5. The largest absolute Gasteiger partial charge is 0.493 e. The van der Waals surface area contributed by atoms with Crippen LogP contribution in [0.4, 0.5) is 5.69 Å². The molecule has 0 saturated heterocycles. The van der Waals surface area contributed by atoms with Crippen LogP contribution in [0.15, 0.2) is 47.5 Å². The number of aromatic nitrogens is 2. The number of primary sulfonamides is 1. The third kappa shape index (κ3) is 3.26. The quantitative estimate of drug-likeness (QED) is 0.706. The lowest BCUT2D eigenvalue weighted by atomic mass is 10.2. The maximum atomic E-state index is 12.8. The molecule has 0 spiro atoms. The van der Waals surface area contributed by atoms with Crippen LogP contribution in [0.2, 0.25) is 0 Å². The Kier molecular flexibility index (Phi) is 4.66. The summed E-state index contributed by atoms with van der Waals surface area (Å²) in [5.74, 6) is 0.213. The summed E-state index contributed by atoms with van der Waals surface area (Å²) in [6.07, 6.45) is 2.31. The summed E-state index contributed by atoms with van der Waals surface area (Å²) < 4.78 is 29.6. The number of amides is 1. The van der Waals surface area contributed by atoms with E-state index in [2.05, 4.69) is 10.3 Å². The fourth-order valence-electron chi connectivity index (χ4n) is 2.65. The van der Waals surface area contributed by atoms with E-state index in [1.54, 1.807) is 29.8 Å². The van der Waals surface area contributed by atoms with Crippen molar-refractivity contribution in [1.29, 1.82) is 0 Å². The van der Waals surface area contributed by atoms with E-state index in [1.165, 1.54) is 24.3 Å². The van der Waals surface area contributed by atoms with Gasteiger partial charge in [-0.2, -0.15) is 0 Å². The molecule has 0 atom stereocenters. The molecule has 0 bridgehead atoms. The fraction of sp³-hybridized carbons (Fsp3) is 0.176. The standard InChI is InChI=1S/C17H18N4O4S/c1-3-13-15(21-10-4-5-14(25-2)16(21)20-13)17(22)19-11-6-8-12(9-7-11)26(18,23)24/h4-10H,3H2,1-2H3,(H,19,22)(H2,18,23,24). The number of fused-ring (bicyclic) bond motifs is 1. The molecule has 2 aromatic heterocycles. The molecule has 1 amide bonds. The van der Waals surface area contributed by atoms with Crippen LogP contribution in [-0.4, -0.2) is 30.8 Å². The van der Waals surface area contributed by atoms with Crippen LogP contribution in [0.3, 0.4) is 0 Å². The number of methoxy groups -OCH3 is 1. The topological polar surface area (TPSA) is 116 Å². The van der Waals surface area contributed by atoms with Gasteiger partial charge in [-0.25, -0.2) is 18.5 Å². The number of sulfonamides is 1. The first-order valence-corrected chi connectivity index (χ1v) is 9.38. The van der Waals surface area contributed by atoms with Crippen molar-refractivity contribution < 1.29 is 17.9 Å². The molecule has 0 aliphatic carbocycles. The Bertz CT molecular complexity index is 1070. The fourth-order valence-corrected chi connectivity index (χ4v) is 3.17. The minimum Gasteiger partial charge on any atom is -0.493 e. The van der Waals surface area contributed by atoms with Crippen LogP contribution in [-0.2, 0) is 16.4 Å². The van der Waals surface area contributed by atoms with Crippen LogP contribution in [0.5, 0.6) is 5.75 Å². The molecule has 0 fully saturated rings. The Balaban J connectivity index is 1.97. The molecule has 26 heavy (non-hydrogen) atoms. The Labute approximate surface area is 150 Å². The van der Waals surface area contributed by atoms with E-state index in [0.717, 1.165) is 0 Å². The van der Waals surface area contributed by atoms with Crippen LogP contribution >= 0.6 is 0 Å². The molecule has 0 saturated carbocycles. The minimum atomic E-state index is -3.78. The summed E-state index contributed by atoms with van der Waals surface area (Å²) in [5.41, 5.74) is 2.04. The van der Waals surface area contributed by atoms with Crippen LogP contribution < -0.4 is 15.2 Å². The molecule has 3 rings (SSSR count). The van der Waals surface area contributed by atoms with Gasteiger partial charge in [0.25, 0.3) is 5.91 Å². The number of nitrogens with two attached hydrogens (primary N) is 1. The number of carbonyl (C=O) groups is 1. The normalized spacial score (nSPS) is 11.5. The first-order valence-electron chi connectivity index (χ1n) is 7.83. The van der Waals surface area contributed by atoms with E-state index in [0.29, 0.717) is 34.9 Å². The van der Waals surface area contributed by atoms with E-state index >= 15 is 0 Å². The predicted octanol–water partition coefficient (Wildman–Crippen LogP) is 1.80. The van der Waals surface area contributed by atoms with E-state index in [1.807, 2.05) is 6.92 Å². The van der Waals surface area contributed by atoms with Gasteiger partial charge < -0.3 is 10.1 Å². The molecule has 2 heterocycles. The molecule has 1 aromatic carbocycles. The average molecular weight is 374 g/mol. The predicted molar refractivity (Wildman–Crippen MR) is 96.9 cm³/mol. The monoisotopic (exact) mass is 374 g/mol. The molecule has 0 radical (unpaired) electrons. The number of pyridine rings is 1. The van der Waals surface area contributed by atoms with Crippen molar-refractivity contribution in [1.82, 2.24) is 9.38 Å².